The number of aromatic nitrogens is 4. The van der Waals surface area contributed by atoms with E-state index in [1.165, 1.54) is 0 Å². The SMILES string of the molecule is Cc1nnc2c(NCCCCNC(=O)C(NC(=O)OC(C)(C)C)C(C)C)nc3cc(N4CCOCC4)ccc3n12. The minimum absolute atomic E-state index is 0.0778. The van der Waals surface area contributed by atoms with Crippen LogP contribution in [0.1, 0.15) is 53.3 Å². The molecule has 3 aromatic rings. The number of aryl methyl sites for hydroxylation is 1. The van der Waals surface area contributed by atoms with Crippen LogP contribution in [-0.4, -0.2) is 82.6 Å². The number of benzene rings is 1. The monoisotopic (exact) mass is 554 g/mol. The minimum Gasteiger partial charge on any atom is -0.444 e. The molecule has 4 rings (SSSR count). The number of hydrogen-bond donors (Lipinski definition) is 3. The Labute approximate surface area is 235 Å². The van der Waals surface area contributed by atoms with Gasteiger partial charge in [-0.3, -0.25) is 9.20 Å². The van der Waals surface area contributed by atoms with Crippen molar-refractivity contribution < 1.29 is 19.1 Å². The highest BCUT2D eigenvalue weighted by Crippen LogP contribution is 2.26. The molecule has 1 aliphatic rings. The lowest BCUT2D eigenvalue weighted by atomic mass is 10.0. The fourth-order valence-corrected chi connectivity index (χ4v) is 4.65. The molecule has 1 aliphatic heterocycles. The van der Waals surface area contributed by atoms with E-state index in [-0.39, 0.29) is 11.8 Å². The Morgan fingerprint density at radius 2 is 1.82 bits per heavy atom. The largest absolute Gasteiger partial charge is 0.444 e. The minimum atomic E-state index is -0.665. The van der Waals surface area contributed by atoms with E-state index in [0.717, 1.165) is 61.7 Å². The second-order valence-corrected chi connectivity index (χ2v) is 11.4. The van der Waals surface area contributed by atoms with Crippen molar-refractivity contribution in [3.05, 3.63) is 24.0 Å². The molecule has 12 heteroatoms. The number of alkyl carbamates (subject to hydrolysis) is 1. The highest BCUT2D eigenvalue weighted by atomic mass is 16.6. The van der Waals surface area contributed by atoms with Gasteiger partial charge in [-0.2, -0.15) is 0 Å². The smallest absolute Gasteiger partial charge is 0.408 e. The average molecular weight is 555 g/mol. The zero-order valence-corrected chi connectivity index (χ0v) is 24.4. The van der Waals surface area contributed by atoms with Gasteiger partial charge in [0.15, 0.2) is 5.82 Å². The van der Waals surface area contributed by atoms with Gasteiger partial charge in [0.25, 0.3) is 0 Å². The van der Waals surface area contributed by atoms with Crippen LogP contribution >= 0.6 is 0 Å². The standard InChI is InChI=1S/C28H42N8O4/c1-18(2)23(32-27(38)40-28(4,5)6)26(37)30-12-8-7-11-29-24-25-34-33-19(3)36(25)22-10-9-20(17-21(22)31-24)35-13-15-39-16-14-35/h9-10,17-18,23H,7-8,11-16H2,1-6H3,(H,29,31)(H,30,37)(H,32,38). The van der Waals surface area contributed by atoms with Crippen molar-refractivity contribution in [1.29, 1.82) is 0 Å². The van der Waals surface area contributed by atoms with Crippen molar-refractivity contribution in [2.24, 2.45) is 5.92 Å². The molecule has 1 unspecified atom stereocenters. The van der Waals surface area contributed by atoms with Crippen molar-refractivity contribution in [3.63, 3.8) is 0 Å². The van der Waals surface area contributed by atoms with Gasteiger partial charge in [-0.05, 0) is 64.7 Å². The number of morpholine rings is 1. The molecule has 218 valence electrons. The van der Waals surface area contributed by atoms with Gasteiger partial charge in [-0.15, -0.1) is 10.2 Å². The van der Waals surface area contributed by atoms with E-state index in [9.17, 15) is 9.59 Å². The summed E-state index contributed by atoms with van der Waals surface area (Å²) in [6, 6.07) is 5.63. The van der Waals surface area contributed by atoms with Crippen LogP contribution in [0.25, 0.3) is 16.7 Å². The van der Waals surface area contributed by atoms with E-state index in [4.69, 9.17) is 14.5 Å². The van der Waals surface area contributed by atoms with E-state index in [0.29, 0.717) is 24.6 Å². The summed E-state index contributed by atoms with van der Waals surface area (Å²) in [6.45, 7) is 15.4. The Bertz CT molecular complexity index is 1330. The lowest BCUT2D eigenvalue weighted by Crippen LogP contribution is -2.51. The number of unbranched alkanes of at least 4 members (excludes halogenated alkanes) is 1. The van der Waals surface area contributed by atoms with Crippen molar-refractivity contribution in [2.75, 3.05) is 49.6 Å². The highest BCUT2D eigenvalue weighted by Gasteiger charge is 2.26. The summed E-state index contributed by atoms with van der Waals surface area (Å²) < 4.78 is 12.8. The zero-order valence-electron chi connectivity index (χ0n) is 24.4. The highest BCUT2D eigenvalue weighted by molar-refractivity contribution is 5.86. The van der Waals surface area contributed by atoms with Crippen molar-refractivity contribution in [2.45, 2.75) is 66.0 Å². The first-order valence-electron chi connectivity index (χ1n) is 14.0. The van der Waals surface area contributed by atoms with Crippen molar-refractivity contribution in [1.82, 2.24) is 30.2 Å². The second kappa shape index (κ2) is 12.7. The average Bonchev–Trinajstić information content (AvgIpc) is 3.30. The molecular weight excluding hydrogens is 512 g/mol. The number of hydrogen-bond acceptors (Lipinski definition) is 9. The van der Waals surface area contributed by atoms with Crippen LogP contribution in [-0.2, 0) is 14.3 Å². The normalized spacial score (nSPS) is 14.9. The molecule has 1 atom stereocenters. The molecule has 12 nitrogen and oxygen atoms in total. The van der Waals surface area contributed by atoms with Crippen LogP contribution in [0.3, 0.4) is 0 Å². The molecule has 0 aliphatic carbocycles. The third-order valence-electron chi connectivity index (χ3n) is 6.66. The number of nitrogens with one attached hydrogen (secondary N) is 3. The molecule has 3 N–H and O–H groups in total. The lowest BCUT2D eigenvalue weighted by Gasteiger charge is -2.29. The van der Waals surface area contributed by atoms with Crippen LogP contribution in [0.4, 0.5) is 16.3 Å². The number of ether oxygens (including phenoxy) is 2. The Hall–Kier alpha value is -3.67. The summed E-state index contributed by atoms with van der Waals surface area (Å²) >= 11 is 0. The molecule has 0 radical (unpaired) electrons. The molecule has 2 amide bonds. The summed E-state index contributed by atoms with van der Waals surface area (Å²) in [6.07, 6.45) is 0.964. The molecule has 1 fully saturated rings. The first-order valence-corrected chi connectivity index (χ1v) is 14.0. The maximum atomic E-state index is 12.7. The summed E-state index contributed by atoms with van der Waals surface area (Å²) in [7, 11) is 0. The number of fused-ring (bicyclic) bond motifs is 3. The Morgan fingerprint density at radius 3 is 2.52 bits per heavy atom. The molecule has 1 aromatic carbocycles. The third-order valence-corrected chi connectivity index (χ3v) is 6.66. The quantitative estimate of drug-likeness (QED) is 0.323. The Kier molecular flexibility index (Phi) is 9.28. The number of carbonyl (C=O) groups excluding carboxylic acids is 2. The van der Waals surface area contributed by atoms with Crippen LogP contribution < -0.4 is 20.9 Å². The topological polar surface area (TPSA) is 135 Å². The van der Waals surface area contributed by atoms with Gasteiger partial charge in [-0.1, -0.05) is 13.8 Å². The zero-order chi connectivity index (χ0) is 28.9. The fourth-order valence-electron chi connectivity index (χ4n) is 4.65. The summed E-state index contributed by atoms with van der Waals surface area (Å²) in [5.74, 6) is 1.18. The van der Waals surface area contributed by atoms with Crippen LogP contribution in [0, 0.1) is 12.8 Å². The Morgan fingerprint density at radius 1 is 1.10 bits per heavy atom. The third kappa shape index (κ3) is 7.29. The van der Waals surface area contributed by atoms with Crippen LogP contribution in [0.5, 0.6) is 0 Å². The first kappa shape index (κ1) is 29.3. The lowest BCUT2D eigenvalue weighted by molar-refractivity contribution is -0.124. The van der Waals surface area contributed by atoms with Gasteiger partial charge in [-0.25, -0.2) is 9.78 Å². The summed E-state index contributed by atoms with van der Waals surface area (Å²) in [5, 5.41) is 17.7. The number of amides is 2. The number of carbonyl (C=O) groups is 2. The van der Waals surface area contributed by atoms with Crippen molar-refractivity contribution >= 4 is 40.2 Å². The second-order valence-electron chi connectivity index (χ2n) is 11.4. The molecule has 40 heavy (non-hydrogen) atoms. The van der Waals surface area contributed by atoms with Gasteiger partial charge in [0, 0.05) is 31.9 Å². The Balaban J connectivity index is 1.33. The number of rotatable bonds is 10. The number of anilines is 2. The molecule has 3 heterocycles. The maximum absolute atomic E-state index is 12.7. The molecule has 0 saturated carbocycles. The molecule has 2 aromatic heterocycles. The van der Waals surface area contributed by atoms with Gasteiger partial charge in [0.2, 0.25) is 11.6 Å². The van der Waals surface area contributed by atoms with E-state index in [1.54, 1.807) is 20.8 Å². The van der Waals surface area contributed by atoms with Gasteiger partial charge in [0.1, 0.15) is 17.5 Å². The van der Waals surface area contributed by atoms with Gasteiger partial charge in [0.05, 0.1) is 24.2 Å². The first-order chi connectivity index (χ1) is 19.0. The predicted molar refractivity (Wildman–Crippen MR) is 155 cm³/mol. The van der Waals surface area contributed by atoms with Gasteiger partial charge >= 0.3 is 6.09 Å². The maximum Gasteiger partial charge on any atom is 0.408 e. The van der Waals surface area contributed by atoms with Crippen LogP contribution in [0.2, 0.25) is 0 Å². The van der Waals surface area contributed by atoms with E-state index < -0.39 is 17.7 Å². The fraction of sp³-hybridized carbons (Fsp3) is 0.607. The summed E-state index contributed by atoms with van der Waals surface area (Å²) in [4.78, 5) is 32.1. The number of nitrogens with zero attached hydrogens (tertiary/aromatic N) is 5. The van der Waals surface area contributed by atoms with Gasteiger partial charge < -0.3 is 30.3 Å². The van der Waals surface area contributed by atoms with E-state index in [2.05, 4.69) is 49.2 Å². The molecule has 0 spiro atoms. The van der Waals surface area contributed by atoms with E-state index >= 15 is 0 Å². The molecule has 0 bridgehead atoms. The predicted octanol–water partition coefficient (Wildman–Crippen LogP) is 3.28. The molecular formula is C28H42N8O4. The van der Waals surface area contributed by atoms with Crippen molar-refractivity contribution in [3.8, 4) is 0 Å². The molecule has 1 saturated heterocycles. The van der Waals surface area contributed by atoms with E-state index in [1.807, 2.05) is 25.2 Å². The summed E-state index contributed by atoms with van der Waals surface area (Å²) in [5.41, 5.74) is 3.01. The van der Waals surface area contributed by atoms with Crippen LogP contribution in [0.15, 0.2) is 18.2 Å².